The van der Waals surface area contributed by atoms with Gasteiger partial charge in [0.05, 0.1) is 6.07 Å². The minimum atomic E-state index is -0.855. The number of carbonyl (C=O) groups excluding carboxylic acids is 1. The number of phenols is 1. The molecule has 0 heterocycles. The lowest BCUT2D eigenvalue weighted by atomic mass is 9.86. The SMILES string of the molecule is CN(C(=O)C1(C#N)CCCC1)c1ccc(O)cc1. The smallest absolute Gasteiger partial charge is 0.247 e. The molecule has 0 aliphatic heterocycles. The molecule has 0 unspecified atom stereocenters. The van der Waals surface area contributed by atoms with Gasteiger partial charge in [0.25, 0.3) is 0 Å². The quantitative estimate of drug-likeness (QED) is 0.869. The van der Waals surface area contributed by atoms with Crippen LogP contribution < -0.4 is 4.90 Å². The lowest BCUT2D eigenvalue weighted by Gasteiger charge is -2.26. The van der Waals surface area contributed by atoms with Gasteiger partial charge in [-0.25, -0.2) is 0 Å². The highest BCUT2D eigenvalue weighted by Gasteiger charge is 2.43. The van der Waals surface area contributed by atoms with Gasteiger partial charge in [0, 0.05) is 12.7 Å². The maximum Gasteiger partial charge on any atom is 0.247 e. The first-order chi connectivity index (χ1) is 8.59. The van der Waals surface area contributed by atoms with E-state index in [0.717, 1.165) is 12.8 Å². The number of aromatic hydroxyl groups is 1. The van der Waals surface area contributed by atoms with E-state index in [4.69, 9.17) is 0 Å². The third-order valence-corrected chi connectivity index (χ3v) is 3.62. The normalized spacial score (nSPS) is 17.1. The molecule has 0 bridgehead atoms. The molecule has 4 heteroatoms. The highest BCUT2D eigenvalue weighted by Crippen LogP contribution is 2.39. The first-order valence-electron chi connectivity index (χ1n) is 6.07. The summed E-state index contributed by atoms with van der Waals surface area (Å²) in [7, 11) is 1.67. The van der Waals surface area contributed by atoms with Crippen LogP contribution in [0.25, 0.3) is 0 Å². The van der Waals surface area contributed by atoms with Crippen molar-refractivity contribution in [3.05, 3.63) is 24.3 Å². The van der Waals surface area contributed by atoms with Crippen LogP contribution in [-0.2, 0) is 4.79 Å². The summed E-state index contributed by atoms with van der Waals surface area (Å²) in [4.78, 5) is 13.9. The number of carbonyl (C=O) groups is 1. The van der Waals surface area contributed by atoms with Crippen molar-refractivity contribution in [2.24, 2.45) is 5.41 Å². The van der Waals surface area contributed by atoms with Gasteiger partial charge in [0.1, 0.15) is 11.2 Å². The number of rotatable bonds is 2. The Hall–Kier alpha value is -2.02. The molecule has 0 atom stereocenters. The molecule has 18 heavy (non-hydrogen) atoms. The Morgan fingerprint density at radius 3 is 2.39 bits per heavy atom. The van der Waals surface area contributed by atoms with Crippen LogP contribution in [0.15, 0.2) is 24.3 Å². The molecule has 1 aromatic rings. The van der Waals surface area contributed by atoms with Crippen LogP contribution >= 0.6 is 0 Å². The van der Waals surface area contributed by atoms with Gasteiger partial charge < -0.3 is 10.0 Å². The van der Waals surface area contributed by atoms with Crippen LogP contribution in [0.1, 0.15) is 25.7 Å². The molecule has 1 aromatic carbocycles. The van der Waals surface area contributed by atoms with Gasteiger partial charge >= 0.3 is 0 Å². The van der Waals surface area contributed by atoms with Gasteiger partial charge in [0.2, 0.25) is 5.91 Å². The van der Waals surface area contributed by atoms with Crippen molar-refractivity contribution in [3.63, 3.8) is 0 Å². The second-order valence-corrected chi connectivity index (χ2v) is 4.78. The van der Waals surface area contributed by atoms with Crippen molar-refractivity contribution >= 4 is 11.6 Å². The van der Waals surface area contributed by atoms with Crippen LogP contribution in [0, 0.1) is 16.7 Å². The van der Waals surface area contributed by atoms with Crippen LogP contribution in [0.5, 0.6) is 5.75 Å². The zero-order chi connectivity index (χ0) is 13.2. The van der Waals surface area contributed by atoms with E-state index in [0.29, 0.717) is 18.5 Å². The number of nitrogens with zero attached hydrogens (tertiary/aromatic N) is 2. The minimum absolute atomic E-state index is 0.145. The summed E-state index contributed by atoms with van der Waals surface area (Å²) < 4.78 is 0. The molecule has 0 saturated heterocycles. The summed E-state index contributed by atoms with van der Waals surface area (Å²) in [6.07, 6.45) is 3.15. The molecule has 0 aromatic heterocycles. The second-order valence-electron chi connectivity index (χ2n) is 4.78. The monoisotopic (exact) mass is 244 g/mol. The molecular weight excluding hydrogens is 228 g/mol. The first-order valence-corrected chi connectivity index (χ1v) is 6.07. The average Bonchev–Trinajstić information content (AvgIpc) is 2.88. The second kappa shape index (κ2) is 4.69. The van der Waals surface area contributed by atoms with Gasteiger partial charge in [-0.2, -0.15) is 5.26 Å². The van der Waals surface area contributed by atoms with E-state index in [1.54, 1.807) is 19.2 Å². The van der Waals surface area contributed by atoms with E-state index in [-0.39, 0.29) is 11.7 Å². The van der Waals surface area contributed by atoms with E-state index >= 15 is 0 Å². The summed E-state index contributed by atoms with van der Waals surface area (Å²) in [5, 5.41) is 18.5. The van der Waals surface area contributed by atoms with Crippen LogP contribution in [0.2, 0.25) is 0 Å². The summed E-state index contributed by atoms with van der Waals surface area (Å²) in [5.41, 5.74) is -0.161. The molecule has 1 saturated carbocycles. The van der Waals surface area contributed by atoms with E-state index < -0.39 is 5.41 Å². The van der Waals surface area contributed by atoms with Crippen molar-refractivity contribution in [2.45, 2.75) is 25.7 Å². The predicted octanol–water partition coefficient (Wildman–Crippen LogP) is 2.44. The minimum Gasteiger partial charge on any atom is -0.508 e. The molecule has 1 aliphatic rings. The van der Waals surface area contributed by atoms with E-state index in [9.17, 15) is 15.2 Å². The van der Waals surface area contributed by atoms with Gasteiger partial charge in [-0.1, -0.05) is 12.8 Å². The number of amides is 1. The Bertz CT molecular complexity index is 482. The average molecular weight is 244 g/mol. The standard InChI is InChI=1S/C14H16N2O2/c1-16(11-4-6-12(17)7-5-11)13(18)14(10-15)8-2-3-9-14/h4-7,17H,2-3,8-9H2,1H3. The Morgan fingerprint density at radius 2 is 1.89 bits per heavy atom. The number of benzene rings is 1. The largest absolute Gasteiger partial charge is 0.508 e. The van der Waals surface area contributed by atoms with Crippen molar-refractivity contribution in [1.29, 1.82) is 5.26 Å². The third-order valence-electron chi connectivity index (χ3n) is 3.62. The molecule has 4 nitrogen and oxygen atoms in total. The van der Waals surface area contributed by atoms with Crippen LogP contribution in [0.4, 0.5) is 5.69 Å². The Labute approximate surface area is 106 Å². The number of nitriles is 1. The Kier molecular flexibility index (Phi) is 3.24. The lowest BCUT2D eigenvalue weighted by Crippen LogP contribution is -2.39. The molecule has 1 N–H and O–H groups in total. The maximum atomic E-state index is 12.4. The fourth-order valence-electron chi connectivity index (χ4n) is 2.47. The Balaban J connectivity index is 2.23. The van der Waals surface area contributed by atoms with Crippen LogP contribution in [0.3, 0.4) is 0 Å². The molecule has 2 rings (SSSR count). The fourth-order valence-corrected chi connectivity index (χ4v) is 2.47. The van der Waals surface area contributed by atoms with Gasteiger partial charge in [-0.3, -0.25) is 4.79 Å². The summed E-state index contributed by atoms with van der Waals surface area (Å²) in [6, 6.07) is 8.62. The van der Waals surface area contributed by atoms with E-state index in [1.807, 2.05) is 0 Å². The zero-order valence-electron chi connectivity index (χ0n) is 10.4. The van der Waals surface area contributed by atoms with Crippen molar-refractivity contribution in [1.82, 2.24) is 0 Å². The van der Waals surface area contributed by atoms with E-state index in [1.165, 1.54) is 17.0 Å². The topological polar surface area (TPSA) is 64.3 Å². The zero-order valence-corrected chi connectivity index (χ0v) is 10.4. The lowest BCUT2D eigenvalue weighted by molar-refractivity contribution is -0.124. The Morgan fingerprint density at radius 1 is 1.33 bits per heavy atom. The van der Waals surface area contributed by atoms with E-state index in [2.05, 4.69) is 6.07 Å². The molecule has 0 spiro atoms. The molecular formula is C14H16N2O2. The van der Waals surface area contributed by atoms with Gasteiger partial charge in [-0.05, 0) is 37.1 Å². The highest BCUT2D eigenvalue weighted by atomic mass is 16.3. The summed E-state index contributed by atoms with van der Waals surface area (Å²) >= 11 is 0. The maximum absolute atomic E-state index is 12.4. The van der Waals surface area contributed by atoms with Crippen LogP contribution in [-0.4, -0.2) is 18.1 Å². The first kappa shape index (κ1) is 12.4. The highest BCUT2D eigenvalue weighted by molar-refractivity contribution is 5.99. The van der Waals surface area contributed by atoms with Crippen molar-refractivity contribution in [3.8, 4) is 11.8 Å². The number of anilines is 1. The number of phenolic OH excluding ortho intramolecular Hbond substituents is 1. The number of hydrogen-bond acceptors (Lipinski definition) is 3. The van der Waals surface area contributed by atoms with Gasteiger partial charge in [-0.15, -0.1) is 0 Å². The fraction of sp³-hybridized carbons (Fsp3) is 0.429. The van der Waals surface area contributed by atoms with Crippen molar-refractivity contribution in [2.75, 3.05) is 11.9 Å². The number of hydrogen-bond donors (Lipinski definition) is 1. The summed E-state index contributed by atoms with van der Waals surface area (Å²) in [6.45, 7) is 0. The molecule has 0 radical (unpaired) electrons. The third kappa shape index (κ3) is 2.04. The molecule has 1 aliphatic carbocycles. The predicted molar refractivity (Wildman–Crippen MR) is 68.0 cm³/mol. The molecule has 94 valence electrons. The molecule has 1 amide bonds. The van der Waals surface area contributed by atoms with Crippen molar-refractivity contribution < 1.29 is 9.90 Å². The molecule has 1 fully saturated rings. The summed E-state index contributed by atoms with van der Waals surface area (Å²) in [5.74, 6) is 0.0173. The van der Waals surface area contributed by atoms with Gasteiger partial charge in [0.15, 0.2) is 0 Å².